The van der Waals surface area contributed by atoms with E-state index in [0.29, 0.717) is 11.1 Å². The maximum absolute atomic E-state index is 10.4. The fraction of sp³-hybridized carbons (Fsp3) is 0.818. The van der Waals surface area contributed by atoms with Crippen molar-refractivity contribution in [3.63, 3.8) is 0 Å². The van der Waals surface area contributed by atoms with Gasteiger partial charge in [0.15, 0.2) is 0 Å². The molecule has 0 saturated heterocycles. The highest BCUT2D eigenvalue weighted by Gasteiger charge is 2.13. The third kappa shape index (κ3) is 5.39. The number of nitrogens with one attached hydrogen (secondary N) is 1. The van der Waals surface area contributed by atoms with E-state index in [9.17, 15) is 10.1 Å². The molecule has 1 rings (SSSR count). The molecule has 5 heteroatoms. The van der Waals surface area contributed by atoms with Gasteiger partial charge in [-0.05, 0) is 19.1 Å². The van der Waals surface area contributed by atoms with Crippen molar-refractivity contribution >= 4 is 11.8 Å². The molecule has 0 aromatic rings. The molecule has 0 aromatic carbocycles. The van der Waals surface area contributed by atoms with Crippen LogP contribution in [0.4, 0.5) is 0 Å². The summed E-state index contributed by atoms with van der Waals surface area (Å²) in [6, 6.07) is 0.416. The monoisotopic (exact) mass is 244 g/mol. The Morgan fingerprint density at radius 1 is 1.31 bits per heavy atom. The summed E-state index contributed by atoms with van der Waals surface area (Å²) >= 11 is 1.41. The summed E-state index contributed by atoms with van der Waals surface area (Å²) in [5.74, 6) is 0. The van der Waals surface area contributed by atoms with Crippen LogP contribution in [0.5, 0.6) is 0 Å². The smallest absolute Gasteiger partial charge is 0.263 e. The fourth-order valence-electron chi connectivity index (χ4n) is 2.05. The van der Waals surface area contributed by atoms with Gasteiger partial charge in [-0.1, -0.05) is 32.1 Å². The molecular weight excluding hydrogens is 224 g/mol. The van der Waals surface area contributed by atoms with E-state index in [-0.39, 0.29) is 4.92 Å². The average molecular weight is 244 g/mol. The highest BCUT2D eigenvalue weighted by atomic mass is 32.2. The van der Waals surface area contributed by atoms with Gasteiger partial charge in [-0.3, -0.25) is 10.1 Å². The average Bonchev–Trinajstić information content (AvgIpc) is 2.19. The van der Waals surface area contributed by atoms with Gasteiger partial charge in [-0.2, -0.15) is 0 Å². The zero-order valence-electron chi connectivity index (χ0n) is 9.78. The molecule has 16 heavy (non-hydrogen) atoms. The maximum atomic E-state index is 10.4. The first-order valence-electron chi connectivity index (χ1n) is 5.88. The van der Waals surface area contributed by atoms with Gasteiger partial charge in [0.2, 0.25) is 0 Å². The summed E-state index contributed by atoms with van der Waals surface area (Å²) in [6.07, 6.45) is 11.6. The molecule has 1 saturated carbocycles. The van der Waals surface area contributed by atoms with Crippen LogP contribution >= 0.6 is 11.8 Å². The molecule has 0 atom stereocenters. The van der Waals surface area contributed by atoms with E-state index in [4.69, 9.17) is 0 Å². The summed E-state index contributed by atoms with van der Waals surface area (Å²) in [5, 5.41) is 14.4. The second-order valence-corrected chi connectivity index (χ2v) is 5.02. The second kappa shape index (κ2) is 7.54. The third-order valence-corrected chi connectivity index (χ3v) is 3.56. The minimum absolute atomic E-state index is 0.387. The predicted octanol–water partition coefficient (Wildman–Crippen LogP) is 3.13. The topological polar surface area (TPSA) is 55.2 Å². The zero-order valence-corrected chi connectivity index (χ0v) is 10.6. The van der Waals surface area contributed by atoms with Gasteiger partial charge in [0.25, 0.3) is 6.20 Å². The van der Waals surface area contributed by atoms with Crippen molar-refractivity contribution in [3.8, 4) is 0 Å². The van der Waals surface area contributed by atoms with Crippen molar-refractivity contribution in [2.45, 2.75) is 51.0 Å². The Labute approximate surface area is 101 Å². The van der Waals surface area contributed by atoms with E-state index < -0.39 is 0 Å². The van der Waals surface area contributed by atoms with Crippen molar-refractivity contribution in [1.82, 2.24) is 5.32 Å². The standard InChI is InChI=1S/C11H20N2O2S/c1-16-11(9-13(14)15)12-10-7-5-3-2-4-6-8-10/h9-10,12H,2-8H2,1H3. The SMILES string of the molecule is CSC(=C[N+](=O)[O-])NC1CCCCCCC1. The molecule has 0 aromatic heterocycles. The van der Waals surface area contributed by atoms with Crippen LogP contribution in [0, 0.1) is 10.1 Å². The fourth-order valence-corrected chi connectivity index (χ4v) is 2.52. The lowest BCUT2D eigenvalue weighted by atomic mass is 9.97. The van der Waals surface area contributed by atoms with Crippen molar-refractivity contribution in [1.29, 1.82) is 0 Å². The minimum atomic E-state index is -0.387. The number of hydrogen-bond acceptors (Lipinski definition) is 4. The number of nitro groups is 1. The Bertz CT molecular complexity index is 248. The molecule has 1 N–H and O–H groups in total. The van der Waals surface area contributed by atoms with Gasteiger partial charge in [-0.15, -0.1) is 11.8 Å². The number of thioether (sulfide) groups is 1. The number of hydrogen-bond donors (Lipinski definition) is 1. The van der Waals surface area contributed by atoms with Crippen LogP contribution in [0.2, 0.25) is 0 Å². The quantitative estimate of drug-likeness (QED) is 0.610. The molecule has 1 aliphatic carbocycles. The summed E-state index contributed by atoms with van der Waals surface area (Å²) in [6.45, 7) is 0. The second-order valence-electron chi connectivity index (χ2n) is 4.17. The molecule has 0 unspecified atom stereocenters. The Kier molecular flexibility index (Phi) is 6.30. The van der Waals surface area contributed by atoms with Gasteiger partial charge in [-0.25, -0.2) is 0 Å². The van der Waals surface area contributed by atoms with E-state index in [1.165, 1.54) is 43.9 Å². The van der Waals surface area contributed by atoms with Crippen molar-refractivity contribution in [2.75, 3.05) is 6.26 Å². The molecule has 1 aliphatic rings. The summed E-state index contributed by atoms with van der Waals surface area (Å²) in [4.78, 5) is 10.0. The molecule has 0 radical (unpaired) electrons. The van der Waals surface area contributed by atoms with Crippen LogP contribution in [-0.4, -0.2) is 17.2 Å². The van der Waals surface area contributed by atoms with Crippen LogP contribution in [0.25, 0.3) is 0 Å². The Morgan fingerprint density at radius 2 is 1.88 bits per heavy atom. The number of nitrogens with zero attached hydrogens (tertiary/aromatic N) is 1. The summed E-state index contributed by atoms with van der Waals surface area (Å²) in [5.41, 5.74) is 0. The molecule has 0 bridgehead atoms. The largest absolute Gasteiger partial charge is 0.372 e. The molecule has 0 amide bonds. The van der Waals surface area contributed by atoms with E-state index in [2.05, 4.69) is 5.32 Å². The molecule has 92 valence electrons. The van der Waals surface area contributed by atoms with Gasteiger partial charge >= 0.3 is 0 Å². The first kappa shape index (κ1) is 13.4. The number of rotatable bonds is 4. The van der Waals surface area contributed by atoms with Crippen LogP contribution in [-0.2, 0) is 0 Å². The van der Waals surface area contributed by atoms with E-state index in [1.54, 1.807) is 0 Å². The van der Waals surface area contributed by atoms with Gasteiger partial charge in [0.05, 0.1) is 4.92 Å². The van der Waals surface area contributed by atoms with Gasteiger partial charge < -0.3 is 5.32 Å². The molecule has 0 heterocycles. The summed E-state index contributed by atoms with van der Waals surface area (Å²) < 4.78 is 0. The van der Waals surface area contributed by atoms with E-state index in [0.717, 1.165) is 19.0 Å². The first-order chi connectivity index (χ1) is 7.72. The van der Waals surface area contributed by atoms with E-state index in [1.807, 2.05) is 6.26 Å². The van der Waals surface area contributed by atoms with Crippen molar-refractivity contribution < 1.29 is 4.92 Å². The maximum Gasteiger partial charge on any atom is 0.263 e. The van der Waals surface area contributed by atoms with Crippen LogP contribution in [0.15, 0.2) is 11.2 Å². The molecule has 0 aliphatic heterocycles. The summed E-state index contributed by atoms with van der Waals surface area (Å²) in [7, 11) is 0. The molecule has 4 nitrogen and oxygen atoms in total. The highest BCUT2D eigenvalue weighted by Crippen LogP contribution is 2.19. The highest BCUT2D eigenvalue weighted by molar-refractivity contribution is 8.02. The zero-order chi connectivity index (χ0) is 11.8. The Hall–Kier alpha value is -0.710. The van der Waals surface area contributed by atoms with Crippen LogP contribution in [0.1, 0.15) is 44.9 Å². The van der Waals surface area contributed by atoms with Gasteiger partial charge in [0, 0.05) is 6.04 Å². The lowest BCUT2D eigenvalue weighted by Gasteiger charge is -2.21. The minimum Gasteiger partial charge on any atom is -0.372 e. The van der Waals surface area contributed by atoms with Gasteiger partial charge in [0.1, 0.15) is 5.03 Å². The van der Waals surface area contributed by atoms with Crippen molar-refractivity contribution in [3.05, 3.63) is 21.3 Å². The Balaban J connectivity index is 2.45. The normalized spacial score (nSPS) is 19.9. The molecular formula is C11H20N2O2S. The first-order valence-corrected chi connectivity index (χ1v) is 7.10. The molecule has 0 spiro atoms. The lowest BCUT2D eigenvalue weighted by Crippen LogP contribution is -2.28. The predicted molar refractivity (Wildman–Crippen MR) is 67.8 cm³/mol. The van der Waals surface area contributed by atoms with Crippen LogP contribution < -0.4 is 5.32 Å². The van der Waals surface area contributed by atoms with E-state index >= 15 is 0 Å². The molecule has 1 fully saturated rings. The lowest BCUT2D eigenvalue weighted by molar-refractivity contribution is -0.403. The Morgan fingerprint density at radius 3 is 2.38 bits per heavy atom. The van der Waals surface area contributed by atoms with Crippen molar-refractivity contribution in [2.24, 2.45) is 0 Å². The van der Waals surface area contributed by atoms with Crippen LogP contribution in [0.3, 0.4) is 0 Å². The third-order valence-electron chi connectivity index (χ3n) is 2.89.